The van der Waals surface area contributed by atoms with Crippen LogP contribution in [0, 0.1) is 0 Å². The molecule has 7 nitrogen and oxygen atoms in total. The summed E-state index contributed by atoms with van der Waals surface area (Å²) in [5, 5.41) is 2.87. The number of methoxy groups -OCH3 is 1. The van der Waals surface area contributed by atoms with Crippen molar-refractivity contribution in [1.82, 2.24) is 5.32 Å². The first kappa shape index (κ1) is 21.7. The van der Waals surface area contributed by atoms with E-state index in [0.29, 0.717) is 0 Å². The second-order valence-corrected chi connectivity index (χ2v) is 8.16. The molecule has 0 radical (unpaired) electrons. The Hall–Kier alpha value is -2.58. The van der Waals surface area contributed by atoms with Crippen LogP contribution in [-0.2, 0) is 14.8 Å². The summed E-state index contributed by atoms with van der Waals surface area (Å²) in [6.45, 7) is 3.78. The van der Waals surface area contributed by atoms with Gasteiger partial charge in [0.1, 0.15) is 0 Å². The largest absolute Gasteiger partial charge is 0.465 e. The molecule has 0 aliphatic carbocycles. The minimum atomic E-state index is -4.08. The van der Waals surface area contributed by atoms with Gasteiger partial charge >= 0.3 is 5.97 Å². The van der Waals surface area contributed by atoms with Crippen molar-refractivity contribution in [3.05, 3.63) is 58.6 Å². The van der Waals surface area contributed by atoms with Crippen LogP contribution in [0.25, 0.3) is 0 Å². The molecule has 0 aliphatic rings. The van der Waals surface area contributed by atoms with Gasteiger partial charge in [0, 0.05) is 6.04 Å². The average molecular weight is 425 g/mol. The van der Waals surface area contributed by atoms with Crippen LogP contribution >= 0.6 is 11.6 Å². The fourth-order valence-electron chi connectivity index (χ4n) is 2.32. The molecule has 0 aromatic heterocycles. The van der Waals surface area contributed by atoms with E-state index >= 15 is 0 Å². The Labute approximate surface area is 169 Å². The number of sulfonamides is 1. The van der Waals surface area contributed by atoms with E-state index in [4.69, 9.17) is 11.6 Å². The monoisotopic (exact) mass is 424 g/mol. The minimum absolute atomic E-state index is 0.0592. The van der Waals surface area contributed by atoms with Crippen molar-refractivity contribution in [2.24, 2.45) is 0 Å². The maximum Gasteiger partial charge on any atom is 0.339 e. The second-order valence-electron chi connectivity index (χ2n) is 6.07. The normalized spacial score (nSPS) is 12.1. The van der Waals surface area contributed by atoms with Gasteiger partial charge < -0.3 is 10.1 Å². The number of hydrogen-bond acceptors (Lipinski definition) is 5. The predicted octanol–water partition coefficient (Wildman–Crippen LogP) is 3.46. The highest BCUT2D eigenvalue weighted by Crippen LogP contribution is 2.24. The molecule has 0 saturated carbocycles. The zero-order chi connectivity index (χ0) is 20.9. The number of hydrogen-bond donors (Lipinski definition) is 2. The Morgan fingerprint density at radius 2 is 1.82 bits per heavy atom. The van der Waals surface area contributed by atoms with Gasteiger partial charge in [-0.25, -0.2) is 13.2 Å². The first-order valence-corrected chi connectivity index (χ1v) is 10.4. The fraction of sp³-hybridized carbons (Fsp3) is 0.263. The van der Waals surface area contributed by atoms with E-state index in [9.17, 15) is 18.0 Å². The van der Waals surface area contributed by atoms with E-state index in [1.807, 2.05) is 13.8 Å². The highest BCUT2D eigenvalue weighted by Gasteiger charge is 2.22. The van der Waals surface area contributed by atoms with Crippen LogP contribution in [0.15, 0.2) is 47.4 Å². The highest BCUT2D eigenvalue weighted by atomic mass is 35.5. The number of amides is 1. The summed E-state index contributed by atoms with van der Waals surface area (Å²) in [6, 6.07) is 9.88. The van der Waals surface area contributed by atoms with Crippen molar-refractivity contribution in [3.8, 4) is 0 Å². The zero-order valence-corrected chi connectivity index (χ0v) is 17.2. The number of ether oxygens (including phenoxy) is 1. The summed E-state index contributed by atoms with van der Waals surface area (Å²) in [5.41, 5.74) is 0.237. The summed E-state index contributed by atoms with van der Waals surface area (Å²) in [7, 11) is -2.91. The first-order valence-electron chi connectivity index (χ1n) is 8.50. The Balaban J connectivity index is 2.38. The second kappa shape index (κ2) is 9.07. The number of nitrogens with one attached hydrogen (secondary N) is 2. The summed E-state index contributed by atoms with van der Waals surface area (Å²) in [5.74, 6) is -1.14. The van der Waals surface area contributed by atoms with E-state index in [-0.39, 0.29) is 38.7 Å². The van der Waals surface area contributed by atoms with Gasteiger partial charge in [-0.3, -0.25) is 9.52 Å². The van der Waals surface area contributed by atoms with Gasteiger partial charge in [-0.1, -0.05) is 30.7 Å². The van der Waals surface area contributed by atoms with Gasteiger partial charge in [-0.2, -0.15) is 0 Å². The van der Waals surface area contributed by atoms with Gasteiger partial charge in [0.05, 0.1) is 33.8 Å². The molecule has 28 heavy (non-hydrogen) atoms. The third kappa shape index (κ3) is 5.02. The molecule has 0 saturated heterocycles. The lowest BCUT2D eigenvalue weighted by Crippen LogP contribution is -2.32. The summed E-state index contributed by atoms with van der Waals surface area (Å²) in [6.07, 6.45) is 0.737. The van der Waals surface area contributed by atoms with Crippen LogP contribution in [0.4, 0.5) is 5.69 Å². The maximum absolute atomic E-state index is 12.8. The molecular weight excluding hydrogens is 404 g/mol. The molecule has 2 rings (SSSR count). The molecule has 0 bridgehead atoms. The Bertz CT molecular complexity index is 992. The molecule has 0 unspecified atom stereocenters. The topological polar surface area (TPSA) is 102 Å². The molecule has 150 valence electrons. The molecule has 2 N–H and O–H groups in total. The maximum atomic E-state index is 12.8. The Morgan fingerprint density at radius 1 is 1.14 bits per heavy atom. The van der Waals surface area contributed by atoms with Crippen molar-refractivity contribution in [1.29, 1.82) is 0 Å². The third-order valence-corrected chi connectivity index (χ3v) is 5.75. The van der Waals surface area contributed by atoms with Crippen molar-refractivity contribution in [2.45, 2.75) is 31.2 Å². The van der Waals surface area contributed by atoms with Crippen LogP contribution in [0.5, 0.6) is 0 Å². The number of esters is 1. The SMILES string of the molecule is CC[C@H](C)NC(=O)c1ccccc1NS(=O)(=O)c1ccc(Cl)c(C(=O)OC)c1. The van der Waals surface area contributed by atoms with Crippen LogP contribution in [-0.4, -0.2) is 33.4 Å². The van der Waals surface area contributed by atoms with Crippen LogP contribution < -0.4 is 10.0 Å². The molecule has 1 atom stereocenters. The van der Waals surface area contributed by atoms with Crippen LogP contribution in [0.2, 0.25) is 5.02 Å². The summed E-state index contributed by atoms with van der Waals surface area (Å²) >= 11 is 5.94. The smallest absolute Gasteiger partial charge is 0.339 e. The standard InChI is InChI=1S/C19H21ClN2O5S/c1-4-12(2)21-18(23)14-7-5-6-8-17(14)22-28(25,26)13-9-10-16(20)15(11-13)19(24)27-3/h5-12,22H,4H2,1-3H3,(H,21,23)/t12-/m0/s1. The lowest BCUT2D eigenvalue weighted by atomic mass is 10.1. The lowest BCUT2D eigenvalue weighted by Gasteiger charge is -2.15. The number of para-hydroxylation sites is 1. The van der Waals surface area contributed by atoms with E-state index in [0.717, 1.165) is 12.5 Å². The molecular formula is C19H21ClN2O5S. The molecule has 1 amide bonds. The van der Waals surface area contributed by atoms with Crippen molar-refractivity contribution in [2.75, 3.05) is 11.8 Å². The number of anilines is 1. The molecule has 0 fully saturated rings. The lowest BCUT2D eigenvalue weighted by molar-refractivity contribution is 0.0600. The van der Waals surface area contributed by atoms with E-state index in [1.165, 1.54) is 31.4 Å². The average Bonchev–Trinajstić information content (AvgIpc) is 2.67. The molecule has 0 heterocycles. The molecule has 0 aliphatic heterocycles. The molecule has 9 heteroatoms. The highest BCUT2D eigenvalue weighted by molar-refractivity contribution is 7.92. The number of benzene rings is 2. The third-order valence-electron chi connectivity index (χ3n) is 4.06. The van der Waals surface area contributed by atoms with Gasteiger partial charge in [0.2, 0.25) is 0 Å². The van der Waals surface area contributed by atoms with E-state index in [1.54, 1.807) is 12.1 Å². The van der Waals surface area contributed by atoms with E-state index < -0.39 is 16.0 Å². The Kier molecular flexibility index (Phi) is 7.04. The van der Waals surface area contributed by atoms with Crippen LogP contribution in [0.1, 0.15) is 41.0 Å². The summed E-state index contributed by atoms with van der Waals surface area (Å²) in [4.78, 5) is 24.0. The van der Waals surface area contributed by atoms with E-state index in [2.05, 4.69) is 14.8 Å². The zero-order valence-electron chi connectivity index (χ0n) is 15.7. The summed E-state index contributed by atoms with van der Waals surface area (Å²) < 4.78 is 32.6. The van der Waals surface area contributed by atoms with Gasteiger partial charge in [0.15, 0.2) is 0 Å². The number of rotatable bonds is 7. The van der Waals surface area contributed by atoms with Gasteiger partial charge in [-0.15, -0.1) is 0 Å². The van der Waals surface area contributed by atoms with Gasteiger partial charge in [0.25, 0.3) is 15.9 Å². The number of carbonyl (C=O) groups is 2. The predicted molar refractivity (Wildman–Crippen MR) is 107 cm³/mol. The fourth-order valence-corrected chi connectivity index (χ4v) is 3.62. The number of carbonyl (C=O) groups excluding carboxylic acids is 2. The molecule has 0 spiro atoms. The van der Waals surface area contributed by atoms with Crippen molar-refractivity contribution >= 4 is 39.2 Å². The number of halogens is 1. The molecule has 2 aromatic carbocycles. The van der Waals surface area contributed by atoms with Crippen molar-refractivity contribution in [3.63, 3.8) is 0 Å². The molecule has 2 aromatic rings. The van der Waals surface area contributed by atoms with Crippen molar-refractivity contribution < 1.29 is 22.7 Å². The van der Waals surface area contributed by atoms with Gasteiger partial charge in [-0.05, 0) is 43.7 Å². The minimum Gasteiger partial charge on any atom is -0.465 e. The van der Waals surface area contributed by atoms with Crippen LogP contribution in [0.3, 0.4) is 0 Å². The first-order chi connectivity index (χ1) is 13.2. The quantitative estimate of drug-likeness (QED) is 0.663. The Morgan fingerprint density at radius 3 is 2.46 bits per heavy atom.